The van der Waals surface area contributed by atoms with Gasteiger partial charge in [0.25, 0.3) is 0 Å². The summed E-state index contributed by atoms with van der Waals surface area (Å²) in [6.07, 6.45) is 0. The topological polar surface area (TPSA) is 42.4 Å². The summed E-state index contributed by atoms with van der Waals surface area (Å²) in [4.78, 5) is 2.40. The van der Waals surface area contributed by atoms with Crippen LogP contribution in [0.4, 0.5) is 0 Å². The van der Waals surface area contributed by atoms with E-state index in [1.165, 1.54) is 0 Å². The Labute approximate surface area is 91.2 Å². The van der Waals surface area contributed by atoms with Crippen LogP contribution < -0.4 is 5.73 Å². The molecule has 1 aliphatic heterocycles. The number of nitrogens with two attached hydrogens (primary N) is 1. The van der Waals surface area contributed by atoms with Crippen LogP contribution in [0.5, 0.6) is 0 Å². The summed E-state index contributed by atoms with van der Waals surface area (Å²) in [5.74, 6) is 2.62. The third kappa shape index (κ3) is 2.08. The third-order valence-corrected chi connectivity index (χ3v) is 3.42. The Kier molecular flexibility index (Phi) is 2.85. The van der Waals surface area contributed by atoms with Crippen molar-refractivity contribution in [3.63, 3.8) is 0 Å². The summed E-state index contributed by atoms with van der Waals surface area (Å²) in [5.41, 5.74) is 6.02. The van der Waals surface area contributed by atoms with Crippen molar-refractivity contribution in [2.45, 2.75) is 32.9 Å². The number of likely N-dealkylation sites (tertiary alicyclic amines) is 1. The van der Waals surface area contributed by atoms with E-state index >= 15 is 0 Å². The van der Waals surface area contributed by atoms with Crippen LogP contribution >= 0.6 is 0 Å². The van der Waals surface area contributed by atoms with Crippen LogP contribution in [0.2, 0.25) is 0 Å². The minimum atomic E-state index is 0.309. The van der Waals surface area contributed by atoms with Gasteiger partial charge < -0.3 is 10.2 Å². The monoisotopic (exact) mass is 208 g/mol. The number of hydrogen-bond donors (Lipinski definition) is 1. The molecular formula is C12H20N2O. The molecule has 1 aromatic heterocycles. The lowest BCUT2D eigenvalue weighted by Crippen LogP contribution is -2.29. The molecule has 3 unspecified atom stereocenters. The van der Waals surface area contributed by atoms with E-state index in [4.69, 9.17) is 10.2 Å². The van der Waals surface area contributed by atoms with E-state index in [9.17, 15) is 0 Å². The van der Waals surface area contributed by atoms with Gasteiger partial charge in [-0.05, 0) is 31.9 Å². The highest BCUT2D eigenvalue weighted by molar-refractivity contribution is 5.10. The van der Waals surface area contributed by atoms with Crippen molar-refractivity contribution < 1.29 is 4.42 Å². The molecule has 84 valence electrons. The van der Waals surface area contributed by atoms with Gasteiger partial charge in [0, 0.05) is 19.1 Å². The van der Waals surface area contributed by atoms with Crippen molar-refractivity contribution >= 4 is 0 Å². The quantitative estimate of drug-likeness (QED) is 0.807. The minimum absolute atomic E-state index is 0.309. The molecule has 2 N–H and O–H groups in total. The number of rotatable bonds is 2. The maximum absolute atomic E-state index is 6.02. The second kappa shape index (κ2) is 3.99. The number of aryl methyl sites for hydroxylation is 1. The fourth-order valence-corrected chi connectivity index (χ4v) is 2.20. The summed E-state index contributed by atoms with van der Waals surface area (Å²) >= 11 is 0. The summed E-state index contributed by atoms with van der Waals surface area (Å²) in [7, 11) is 0. The van der Waals surface area contributed by atoms with Gasteiger partial charge in [-0.2, -0.15) is 0 Å². The maximum Gasteiger partial charge on any atom is 0.121 e. The SMILES string of the molecule is Cc1ccc(C(C)N2CC(C)C(N)C2)o1. The molecule has 0 spiro atoms. The van der Waals surface area contributed by atoms with Gasteiger partial charge in [-0.1, -0.05) is 6.92 Å². The standard InChI is InChI=1S/C12H20N2O/c1-8-6-14(7-11(8)13)10(3)12-5-4-9(2)15-12/h4-5,8,10-11H,6-7,13H2,1-3H3. The van der Waals surface area contributed by atoms with Crippen molar-refractivity contribution in [1.82, 2.24) is 4.90 Å². The molecule has 0 bridgehead atoms. The smallest absolute Gasteiger partial charge is 0.121 e. The van der Waals surface area contributed by atoms with Gasteiger partial charge >= 0.3 is 0 Å². The zero-order valence-corrected chi connectivity index (χ0v) is 9.73. The second-order valence-corrected chi connectivity index (χ2v) is 4.72. The fraction of sp³-hybridized carbons (Fsp3) is 0.667. The molecule has 1 aromatic rings. The zero-order chi connectivity index (χ0) is 11.0. The van der Waals surface area contributed by atoms with Crippen LogP contribution in [0.15, 0.2) is 16.5 Å². The Morgan fingerprint density at radius 3 is 2.67 bits per heavy atom. The van der Waals surface area contributed by atoms with Crippen molar-refractivity contribution in [3.05, 3.63) is 23.7 Å². The molecule has 2 heterocycles. The first kappa shape index (κ1) is 10.7. The molecule has 1 aliphatic rings. The van der Waals surface area contributed by atoms with Crippen LogP contribution in [0.1, 0.15) is 31.4 Å². The van der Waals surface area contributed by atoms with E-state index in [2.05, 4.69) is 24.8 Å². The third-order valence-electron chi connectivity index (χ3n) is 3.42. The number of hydrogen-bond acceptors (Lipinski definition) is 3. The van der Waals surface area contributed by atoms with Gasteiger partial charge in [-0.3, -0.25) is 4.90 Å². The predicted octanol–water partition coefficient (Wildman–Crippen LogP) is 1.93. The van der Waals surface area contributed by atoms with E-state index in [0.29, 0.717) is 18.0 Å². The average Bonchev–Trinajstić information content (AvgIpc) is 2.74. The van der Waals surface area contributed by atoms with Crippen LogP contribution in [-0.2, 0) is 0 Å². The summed E-state index contributed by atoms with van der Waals surface area (Å²) in [6.45, 7) is 8.42. The maximum atomic E-state index is 6.02. The zero-order valence-electron chi connectivity index (χ0n) is 9.73. The lowest BCUT2D eigenvalue weighted by Gasteiger charge is -2.22. The number of nitrogens with zero attached hydrogens (tertiary/aromatic N) is 1. The fourth-order valence-electron chi connectivity index (χ4n) is 2.20. The molecule has 0 aliphatic carbocycles. The Hall–Kier alpha value is -0.800. The molecule has 1 fully saturated rings. The van der Waals surface area contributed by atoms with Gasteiger partial charge in [0.2, 0.25) is 0 Å². The highest BCUT2D eigenvalue weighted by Crippen LogP contribution is 2.27. The van der Waals surface area contributed by atoms with Crippen molar-refractivity contribution in [2.24, 2.45) is 11.7 Å². The van der Waals surface area contributed by atoms with E-state index in [-0.39, 0.29) is 0 Å². The normalized spacial score (nSPS) is 29.6. The largest absolute Gasteiger partial charge is 0.465 e. The molecule has 15 heavy (non-hydrogen) atoms. The molecule has 3 atom stereocenters. The molecular weight excluding hydrogens is 188 g/mol. The second-order valence-electron chi connectivity index (χ2n) is 4.72. The van der Waals surface area contributed by atoms with Gasteiger partial charge in [0.1, 0.15) is 11.5 Å². The molecule has 3 heteroatoms. The molecule has 0 aromatic carbocycles. The van der Waals surface area contributed by atoms with Gasteiger partial charge in [-0.25, -0.2) is 0 Å². The van der Waals surface area contributed by atoms with Crippen LogP contribution in [0, 0.1) is 12.8 Å². The van der Waals surface area contributed by atoms with E-state index in [1.807, 2.05) is 13.0 Å². The lowest BCUT2D eigenvalue weighted by molar-refractivity contribution is 0.222. The molecule has 0 saturated carbocycles. The van der Waals surface area contributed by atoms with Crippen LogP contribution in [0.25, 0.3) is 0 Å². The van der Waals surface area contributed by atoms with E-state index in [0.717, 1.165) is 24.6 Å². The highest BCUT2D eigenvalue weighted by Gasteiger charge is 2.31. The molecule has 0 radical (unpaired) electrons. The first-order valence-corrected chi connectivity index (χ1v) is 5.64. The number of furan rings is 1. The van der Waals surface area contributed by atoms with Gasteiger partial charge in [0.15, 0.2) is 0 Å². The first-order valence-electron chi connectivity index (χ1n) is 5.64. The van der Waals surface area contributed by atoms with Crippen molar-refractivity contribution in [2.75, 3.05) is 13.1 Å². The van der Waals surface area contributed by atoms with Crippen molar-refractivity contribution in [3.8, 4) is 0 Å². The summed E-state index contributed by atoms with van der Waals surface area (Å²) in [6, 6.07) is 4.73. The average molecular weight is 208 g/mol. The van der Waals surface area contributed by atoms with Gasteiger partial charge in [-0.15, -0.1) is 0 Å². The molecule has 3 nitrogen and oxygen atoms in total. The highest BCUT2D eigenvalue weighted by atomic mass is 16.3. The van der Waals surface area contributed by atoms with E-state index < -0.39 is 0 Å². The van der Waals surface area contributed by atoms with Crippen molar-refractivity contribution in [1.29, 1.82) is 0 Å². The lowest BCUT2D eigenvalue weighted by atomic mass is 10.1. The Morgan fingerprint density at radius 2 is 2.20 bits per heavy atom. The van der Waals surface area contributed by atoms with Gasteiger partial charge in [0.05, 0.1) is 6.04 Å². The Balaban J connectivity index is 2.06. The summed E-state index contributed by atoms with van der Waals surface area (Å²) in [5, 5.41) is 0. The first-order chi connectivity index (χ1) is 7.08. The summed E-state index contributed by atoms with van der Waals surface area (Å²) < 4.78 is 5.65. The van der Waals surface area contributed by atoms with Crippen LogP contribution in [-0.4, -0.2) is 24.0 Å². The van der Waals surface area contributed by atoms with E-state index in [1.54, 1.807) is 0 Å². The van der Waals surface area contributed by atoms with Crippen LogP contribution in [0.3, 0.4) is 0 Å². The minimum Gasteiger partial charge on any atom is -0.465 e. The molecule has 2 rings (SSSR count). The molecule has 0 amide bonds. The Morgan fingerprint density at radius 1 is 1.47 bits per heavy atom. The Bertz CT molecular complexity index is 324. The predicted molar refractivity (Wildman–Crippen MR) is 60.6 cm³/mol. The molecule has 1 saturated heterocycles.